The molecule has 2 fully saturated rings. The molecule has 2 saturated heterocycles. The smallest absolute Gasteiger partial charge is 0.251 e. The average molecular weight is 461 g/mol. The van der Waals surface area contributed by atoms with Crippen molar-refractivity contribution >= 4 is 22.7 Å². The average Bonchev–Trinajstić information content (AvgIpc) is 3.33. The van der Waals surface area contributed by atoms with Gasteiger partial charge in [0.25, 0.3) is 5.92 Å². The van der Waals surface area contributed by atoms with Crippen molar-refractivity contribution in [1.82, 2.24) is 14.9 Å². The predicted molar refractivity (Wildman–Crippen MR) is 122 cm³/mol. The molecule has 2 aliphatic heterocycles. The minimum absolute atomic E-state index is 0.0562. The van der Waals surface area contributed by atoms with Gasteiger partial charge in [-0.1, -0.05) is 0 Å². The van der Waals surface area contributed by atoms with Crippen molar-refractivity contribution in [3.05, 3.63) is 12.1 Å². The van der Waals surface area contributed by atoms with Crippen molar-refractivity contribution in [3.63, 3.8) is 0 Å². The van der Waals surface area contributed by atoms with Gasteiger partial charge in [0.2, 0.25) is 5.95 Å². The highest BCUT2D eigenvalue weighted by molar-refractivity contribution is 5.92. The molecule has 10 heteroatoms. The zero-order valence-corrected chi connectivity index (χ0v) is 18.9. The molecule has 0 saturated carbocycles. The van der Waals surface area contributed by atoms with Crippen LogP contribution in [0.5, 0.6) is 11.5 Å². The van der Waals surface area contributed by atoms with Crippen molar-refractivity contribution in [1.29, 1.82) is 5.26 Å². The highest BCUT2D eigenvalue weighted by atomic mass is 19.3. The molecule has 1 N–H and O–H groups in total. The molecular weight excluding hydrogens is 430 g/mol. The zero-order chi connectivity index (χ0) is 23.3. The van der Waals surface area contributed by atoms with Gasteiger partial charge in [-0.15, -0.1) is 0 Å². The number of rotatable bonds is 9. The molecule has 1 aromatic heterocycles. The first-order valence-electron chi connectivity index (χ1n) is 11.5. The number of nitriles is 1. The molecule has 0 spiro atoms. The lowest BCUT2D eigenvalue weighted by Crippen LogP contribution is -2.40. The van der Waals surface area contributed by atoms with Crippen LogP contribution >= 0.6 is 0 Å². The fourth-order valence-electron chi connectivity index (χ4n) is 4.31. The molecule has 0 aliphatic carbocycles. The van der Waals surface area contributed by atoms with Gasteiger partial charge in [0.15, 0.2) is 11.5 Å². The standard InChI is InChI=1S/C23H30F2N6O2/c1-32-19-15-17-18(16-20(19)33-14-4-11-30-9-2-3-10-30)28-22(29-21(17)27-8-7-26)31-12-5-23(24,25)6-13-31/h15-16H,2-6,8-14H2,1H3,(H,27,28,29). The monoisotopic (exact) mass is 460 g/mol. The maximum Gasteiger partial charge on any atom is 0.251 e. The van der Waals surface area contributed by atoms with Gasteiger partial charge in [0.1, 0.15) is 12.4 Å². The molecule has 178 valence electrons. The van der Waals surface area contributed by atoms with Crippen LogP contribution in [-0.4, -0.2) is 73.8 Å². The van der Waals surface area contributed by atoms with E-state index in [9.17, 15) is 8.78 Å². The summed E-state index contributed by atoms with van der Waals surface area (Å²) in [6.45, 7) is 4.26. The van der Waals surface area contributed by atoms with Crippen molar-refractivity contribution in [3.8, 4) is 17.6 Å². The predicted octanol–water partition coefficient (Wildman–Crippen LogP) is 3.67. The van der Waals surface area contributed by atoms with E-state index < -0.39 is 5.92 Å². The maximum atomic E-state index is 13.6. The molecule has 8 nitrogen and oxygen atoms in total. The van der Waals surface area contributed by atoms with Gasteiger partial charge >= 0.3 is 0 Å². The molecular formula is C23H30F2N6O2. The summed E-state index contributed by atoms with van der Waals surface area (Å²) < 4.78 is 38.8. The first-order chi connectivity index (χ1) is 16.0. The summed E-state index contributed by atoms with van der Waals surface area (Å²) in [4.78, 5) is 13.4. The molecule has 0 amide bonds. The number of aromatic nitrogens is 2. The molecule has 0 atom stereocenters. The second-order valence-electron chi connectivity index (χ2n) is 8.50. The van der Waals surface area contributed by atoms with Gasteiger partial charge in [0, 0.05) is 43.9 Å². The maximum absolute atomic E-state index is 13.6. The number of piperidine rings is 1. The largest absolute Gasteiger partial charge is 0.493 e. The quantitative estimate of drug-likeness (QED) is 0.448. The van der Waals surface area contributed by atoms with Crippen LogP contribution in [-0.2, 0) is 0 Å². The fourth-order valence-corrected chi connectivity index (χ4v) is 4.31. The minimum atomic E-state index is -2.65. The van der Waals surface area contributed by atoms with Crippen molar-refractivity contribution in [2.45, 2.75) is 38.0 Å². The van der Waals surface area contributed by atoms with Crippen molar-refractivity contribution in [2.24, 2.45) is 0 Å². The number of halogens is 2. The van der Waals surface area contributed by atoms with Crippen LogP contribution in [0.25, 0.3) is 10.9 Å². The first-order valence-corrected chi connectivity index (χ1v) is 11.5. The van der Waals surface area contributed by atoms with Crippen LogP contribution in [0.2, 0.25) is 0 Å². The highest BCUT2D eigenvalue weighted by Gasteiger charge is 2.35. The number of benzene rings is 1. The molecule has 1 aromatic carbocycles. The van der Waals surface area contributed by atoms with E-state index in [0.29, 0.717) is 40.8 Å². The second kappa shape index (κ2) is 10.3. The number of alkyl halides is 2. The Bertz CT molecular complexity index is 997. The number of likely N-dealkylation sites (tertiary alicyclic amines) is 1. The first kappa shape index (κ1) is 23.2. The Morgan fingerprint density at radius 1 is 1.12 bits per heavy atom. The Morgan fingerprint density at radius 3 is 2.58 bits per heavy atom. The van der Waals surface area contributed by atoms with Crippen LogP contribution < -0.4 is 19.7 Å². The summed E-state index contributed by atoms with van der Waals surface area (Å²) in [6, 6.07) is 5.63. The van der Waals surface area contributed by atoms with E-state index in [1.165, 1.54) is 12.8 Å². The van der Waals surface area contributed by atoms with Crippen LogP contribution in [0, 0.1) is 11.3 Å². The summed E-state index contributed by atoms with van der Waals surface area (Å²) in [7, 11) is 1.57. The number of anilines is 2. The third-order valence-electron chi connectivity index (χ3n) is 6.16. The van der Waals surface area contributed by atoms with Gasteiger partial charge < -0.3 is 24.6 Å². The number of hydrogen-bond acceptors (Lipinski definition) is 8. The number of fused-ring (bicyclic) bond motifs is 1. The molecule has 2 aromatic rings. The van der Waals surface area contributed by atoms with E-state index in [2.05, 4.69) is 20.2 Å². The Labute approximate surface area is 192 Å². The lowest BCUT2D eigenvalue weighted by molar-refractivity contribution is -0.0222. The normalized spacial score (nSPS) is 18.3. The fraction of sp³-hybridized carbons (Fsp3) is 0.609. The molecule has 0 radical (unpaired) electrons. The number of hydrogen-bond donors (Lipinski definition) is 1. The van der Waals surface area contributed by atoms with Gasteiger partial charge in [0.05, 0.1) is 25.3 Å². The lowest BCUT2D eigenvalue weighted by atomic mass is 10.1. The van der Waals surface area contributed by atoms with E-state index in [-0.39, 0.29) is 32.5 Å². The Hall–Kier alpha value is -2.93. The summed E-state index contributed by atoms with van der Waals surface area (Å²) >= 11 is 0. The highest BCUT2D eigenvalue weighted by Crippen LogP contribution is 2.36. The Kier molecular flexibility index (Phi) is 7.28. The topological polar surface area (TPSA) is 86.5 Å². The molecule has 0 unspecified atom stereocenters. The van der Waals surface area contributed by atoms with Gasteiger partial charge in [-0.2, -0.15) is 10.2 Å². The van der Waals surface area contributed by atoms with E-state index in [1.54, 1.807) is 24.1 Å². The van der Waals surface area contributed by atoms with E-state index in [1.807, 2.05) is 6.07 Å². The van der Waals surface area contributed by atoms with E-state index in [0.717, 1.165) is 26.1 Å². The van der Waals surface area contributed by atoms with Crippen LogP contribution in [0.15, 0.2) is 12.1 Å². The lowest BCUT2D eigenvalue weighted by Gasteiger charge is -2.32. The Balaban J connectivity index is 1.57. The molecule has 3 heterocycles. The van der Waals surface area contributed by atoms with Gasteiger partial charge in [-0.3, -0.25) is 0 Å². The minimum Gasteiger partial charge on any atom is -0.493 e. The summed E-state index contributed by atoms with van der Waals surface area (Å²) in [5.41, 5.74) is 0.605. The van der Waals surface area contributed by atoms with Crippen molar-refractivity contribution in [2.75, 3.05) is 63.2 Å². The van der Waals surface area contributed by atoms with Crippen LogP contribution in [0.3, 0.4) is 0 Å². The molecule has 2 aliphatic rings. The third kappa shape index (κ3) is 5.71. The van der Waals surface area contributed by atoms with E-state index >= 15 is 0 Å². The molecule has 0 bridgehead atoms. The van der Waals surface area contributed by atoms with Crippen molar-refractivity contribution < 1.29 is 18.3 Å². The van der Waals surface area contributed by atoms with Crippen LogP contribution in [0.4, 0.5) is 20.5 Å². The van der Waals surface area contributed by atoms with Crippen LogP contribution in [0.1, 0.15) is 32.1 Å². The third-order valence-corrected chi connectivity index (χ3v) is 6.16. The summed E-state index contributed by atoms with van der Waals surface area (Å²) in [5, 5.41) is 12.7. The number of nitrogens with zero attached hydrogens (tertiary/aromatic N) is 5. The summed E-state index contributed by atoms with van der Waals surface area (Å²) in [6.07, 6.45) is 2.97. The SMILES string of the molecule is COc1cc2c(NCC#N)nc(N3CCC(F)(F)CC3)nc2cc1OCCCN1CCCC1. The summed E-state index contributed by atoms with van der Waals surface area (Å²) in [5.74, 6) is -0.694. The molecule has 4 rings (SSSR count). The zero-order valence-electron chi connectivity index (χ0n) is 18.9. The number of methoxy groups -OCH3 is 1. The van der Waals surface area contributed by atoms with Gasteiger partial charge in [-0.25, -0.2) is 13.8 Å². The second-order valence-corrected chi connectivity index (χ2v) is 8.50. The Morgan fingerprint density at radius 2 is 1.88 bits per heavy atom. The number of nitrogens with one attached hydrogen (secondary N) is 1. The molecule has 33 heavy (non-hydrogen) atoms. The number of ether oxygens (including phenoxy) is 2. The van der Waals surface area contributed by atoms with Gasteiger partial charge in [-0.05, 0) is 38.4 Å². The van der Waals surface area contributed by atoms with E-state index in [4.69, 9.17) is 14.7 Å².